The molecule has 1 saturated carbocycles. The molecular formula is C21H27N3O3. The second-order valence-electron chi connectivity index (χ2n) is 8.06. The molecule has 2 aromatic rings. The number of alkyl carbamates (subject to hydrolysis) is 1. The summed E-state index contributed by atoms with van der Waals surface area (Å²) in [5.74, 6) is -0.0179. The van der Waals surface area contributed by atoms with Gasteiger partial charge in [-0.1, -0.05) is 18.2 Å². The first kappa shape index (κ1) is 19.1. The summed E-state index contributed by atoms with van der Waals surface area (Å²) in [6, 6.07) is 9.65. The van der Waals surface area contributed by atoms with Crippen LogP contribution in [0.25, 0.3) is 10.9 Å². The summed E-state index contributed by atoms with van der Waals surface area (Å²) in [7, 11) is 0. The van der Waals surface area contributed by atoms with Crippen LogP contribution in [0.3, 0.4) is 0 Å². The minimum Gasteiger partial charge on any atom is -0.444 e. The first-order chi connectivity index (χ1) is 12.8. The quantitative estimate of drug-likeness (QED) is 0.847. The van der Waals surface area contributed by atoms with Crippen molar-refractivity contribution in [1.82, 2.24) is 10.3 Å². The first-order valence-corrected chi connectivity index (χ1v) is 9.46. The number of amides is 2. The molecule has 0 radical (unpaired) electrons. The number of nitrogens with zero attached hydrogens (tertiary/aromatic N) is 1. The van der Waals surface area contributed by atoms with E-state index in [1.165, 1.54) is 0 Å². The number of anilines is 1. The first-order valence-electron chi connectivity index (χ1n) is 9.46. The molecule has 1 aliphatic rings. The van der Waals surface area contributed by atoms with Crippen molar-refractivity contribution in [3.05, 3.63) is 36.5 Å². The van der Waals surface area contributed by atoms with Gasteiger partial charge in [0.05, 0.1) is 11.2 Å². The Morgan fingerprint density at radius 2 is 1.78 bits per heavy atom. The number of aromatic nitrogens is 1. The van der Waals surface area contributed by atoms with Gasteiger partial charge in [-0.2, -0.15) is 0 Å². The van der Waals surface area contributed by atoms with Gasteiger partial charge in [-0.05, 0) is 58.6 Å². The van der Waals surface area contributed by atoms with Crippen molar-refractivity contribution >= 4 is 28.6 Å². The minimum atomic E-state index is -0.505. The van der Waals surface area contributed by atoms with E-state index in [9.17, 15) is 9.59 Å². The molecule has 0 bridgehead atoms. The molecule has 144 valence electrons. The third-order valence-electron chi connectivity index (χ3n) is 4.73. The summed E-state index contributed by atoms with van der Waals surface area (Å²) in [5, 5.41) is 6.90. The smallest absolute Gasteiger partial charge is 0.407 e. The minimum absolute atomic E-state index is 0.0297. The van der Waals surface area contributed by atoms with Crippen molar-refractivity contribution < 1.29 is 14.3 Å². The number of fused-ring (bicyclic) bond motifs is 1. The normalized spacial score (nSPS) is 20.1. The fourth-order valence-corrected chi connectivity index (χ4v) is 3.41. The fourth-order valence-electron chi connectivity index (χ4n) is 3.41. The highest BCUT2D eigenvalue weighted by Crippen LogP contribution is 2.27. The van der Waals surface area contributed by atoms with Crippen LogP contribution in [0.1, 0.15) is 46.5 Å². The number of carbonyl (C=O) groups excluding carboxylic acids is 2. The van der Waals surface area contributed by atoms with E-state index in [0.29, 0.717) is 0 Å². The van der Waals surface area contributed by atoms with Crippen LogP contribution in [-0.2, 0) is 9.53 Å². The number of hydrogen-bond acceptors (Lipinski definition) is 4. The zero-order valence-corrected chi connectivity index (χ0v) is 16.1. The number of pyridine rings is 1. The van der Waals surface area contributed by atoms with Crippen LogP contribution in [0.15, 0.2) is 36.5 Å². The zero-order valence-electron chi connectivity index (χ0n) is 16.1. The number of ether oxygens (including phenoxy) is 1. The van der Waals surface area contributed by atoms with E-state index in [4.69, 9.17) is 4.74 Å². The summed E-state index contributed by atoms with van der Waals surface area (Å²) < 4.78 is 5.30. The molecule has 2 amide bonds. The standard InChI is InChI=1S/C21H27N3O3/c1-21(2,3)27-20(26)23-15-10-8-14(9-11-15)19(25)24-18-12-13-22-17-7-5-4-6-16(17)18/h4-7,12-15H,8-11H2,1-3H3,(H,23,26)(H,22,24,25). The zero-order chi connectivity index (χ0) is 19.4. The maximum absolute atomic E-state index is 12.7. The Labute approximate surface area is 159 Å². The predicted molar refractivity (Wildman–Crippen MR) is 105 cm³/mol. The molecule has 2 N–H and O–H groups in total. The number of rotatable bonds is 3. The molecule has 0 aliphatic heterocycles. The molecule has 0 atom stereocenters. The van der Waals surface area contributed by atoms with E-state index >= 15 is 0 Å². The van der Waals surface area contributed by atoms with Crippen LogP contribution in [0.5, 0.6) is 0 Å². The van der Waals surface area contributed by atoms with Gasteiger partial charge in [0.2, 0.25) is 5.91 Å². The lowest BCUT2D eigenvalue weighted by atomic mass is 9.85. The molecule has 1 aromatic carbocycles. The number of benzene rings is 1. The highest BCUT2D eigenvalue weighted by Gasteiger charge is 2.28. The van der Waals surface area contributed by atoms with Crippen molar-refractivity contribution in [1.29, 1.82) is 0 Å². The van der Waals surface area contributed by atoms with Crippen molar-refractivity contribution in [2.45, 2.75) is 58.1 Å². The lowest BCUT2D eigenvalue weighted by Gasteiger charge is -2.29. The summed E-state index contributed by atoms with van der Waals surface area (Å²) in [6.45, 7) is 5.53. The van der Waals surface area contributed by atoms with Gasteiger partial charge >= 0.3 is 6.09 Å². The van der Waals surface area contributed by atoms with E-state index in [0.717, 1.165) is 42.3 Å². The van der Waals surface area contributed by atoms with Crippen molar-refractivity contribution in [2.75, 3.05) is 5.32 Å². The second-order valence-corrected chi connectivity index (χ2v) is 8.06. The van der Waals surface area contributed by atoms with Crippen molar-refractivity contribution in [3.63, 3.8) is 0 Å². The van der Waals surface area contributed by atoms with Crippen LogP contribution in [0.2, 0.25) is 0 Å². The Morgan fingerprint density at radius 3 is 2.48 bits per heavy atom. The molecule has 0 saturated heterocycles. The third-order valence-corrected chi connectivity index (χ3v) is 4.73. The number of para-hydroxylation sites is 1. The molecule has 6 nitrogen and oxygen atoms in total. The van der Waals surface area contributed by atoms with Crippen LogP contribution < -0.4 is 10.6 Å². The van der Waals surface area contributed by atoms with E-state index in [2.05, 4.69) is 15.6 Å². The van der Waals surface area contributed by atoms with Gasteiger partial charge in [0.1, 0.15) is 5.60 Å². The second kappa shape index (κ2) is 7.94. The third kappa shape index (κ3) is 5.18. The molecule has 0 unspecified atom stereocenters. The van der Waals surface area contributed by atoms with Crippen LogP contribution in [-0.4, -0.2) is 28.6 Å². The Kier molecular flexibility index (Phi) is 5.63. The summed E-state index contributed by atoms with van der Waals surface area (Å²) in [6.07, 6.45) is 4.35. The number of nitrogens with one attached hydrogen (secondary N) is 2. The summed E-state index contributed by atoms with van der Waals surface area (Å²) in [4.78, 5) is 28.9. The Morgan fingerprint density at radius 1 is 1.07 bits per heavy atom. The average Bonchev–Trinajstić information content (AvgIpc) is 2.61. The summed E-state index contributed by atoms with van der Waals surface area (Å²) in [5.41, 5.74) is 1.15. The van der Waals surface area contributed by atoms with Gasteiger partial charge in [-0.15, -0.1) is 0 Å². The molecule has 0 spiro atoms. The van der Waals surface area contributed by atoms with E-state index in [1.54, 1.807) is 6.20 Å². The molecule has 3 rings (SSSR count). The highest BCUT2D eigenvalue weighted by molar-refractivity contribution is 6.01. The Balaban J connectivity index is 1.53. The molecule has 1 heterocycles. The molecule has 1 aliphatic carbocycles. The van der Waals surface area contributed by atoms with Gasteiger partial charge < -0.3 is 15.4 Å². The van der Waals surface area contributed by atoms with Crippen LogP contribution in [0.4, 0.5) is 10.5 Å². The van der Waals surface area contributed by atoms with E-state index in [-0.39, 0.29) is 17.9 Å². The highest BCUT2D eigenvalue weighted by atomic mass is 16.6. The van der Waals surface area contributed by atoms with Gasteiger partial charge in [0.25, 0.3) is 0 Å². The summed E-state index contributed by atoms with van der Waals surface area (Å²) >= 11 is 0. The monoisotopic (exact) mass is 369 g/mol. The van der Waals surface area contributed by atoms with Gasteiger partial charge in [0.15, 0.2) is 0 Å². The molecular weight excluding hydrogens is 342 g/mol. The van der Waals surface area contributed by atoms with Gasteiger partial charge in [-0.3, -0.25) is 9.78 Å². The molecule has 1 fully saturated rings. The van der Waals surface area contributed by atoms with Crippen molar-refractivity contribution in [3.8, 4) is 0 Å². The van der Waals surface area contributed by atoms with Gasteiger partial charge in [-0.25, -0.2) is 4.79 Å². The maximum Gasteiger partial charge on any atom is 0.407 e. The van der Waals surface area contributed by atoms with Crippen LogP contribution in [0, 0.1) is 5.92 Å². The fraction of sp³-hybridized carbons (Fsp3) is 0.476. The maximum atomic E-state index is 12.7. The molecule has 1 aromatic heterocycles. The topological polar surface area (TPSA) is 80.3 Å². The number of carbonyl (C=O) groups is 2. The van der Waals surface area contributed by atoms with E-state index < -0.39 is 11.7 Å². The van der Waals surface area contributed by atoms with Crippen LogP contribution >= 0.6 is 0 Å². The van der Waals surface area contributed by atoms with Gasteiger partial charge in [0, 0.05) is 23.5 Å². The molecule has 6 heteroatoms. The average molecular weight is 369 g/mol. The van der Waals surface area contributed by atoms with E-state index in [1.807, 2.05) is 51.1 Å². The van der Waals surface area contributed by atoms with Crippen molar-refractivity contribution in [2.24, 2.45) is 5.92 Å². The SMILES string of the molecule is CC(C)(C)OC(=O)NC1CCC(C(=O)Nc2ccnc3ccccc23)CC1. The largest absolute Gasteiger partial charge is 0.444 e. The Hall–Kier alpha value is -2.63. The Bertz CT molecular complexity index is 816. The molecule has 27 heavy (non-hydrogen) atoms. The number of hydrogen-bond donors (Lipinski definition) is 2. The lowest BCUT2D eigenvalue weighted by Crippen LogP contribution is -2.42. The lowest BCUT2D eigenvalue weighted by molar-refractivity contribution is -0.120. The predicted octanol–water partition coefficient (Wildman–Crippen LogP) is 4.26.